The lowest BCUT2D eigenvalue weighted by Gasteiger charge is -2.09. The van der Waals surface area contributed by atoms with Crippen LogP contribution in [-0.4, -0.2) is 19.5 Å². The Hall–Kier alpha value is -2.24. The summed E-state index contributed by atoms with van der Waals surface area (Å²) < 4.78 is 3.00. The second-order valence-corrected chi connectivity index (χ2v) is 4.88. The first-order valence-electron chi connectivity index (χ1n) is 6.36. The molecule has 0 amide bonds. The molecule has 1 aromatic heterocycles. The first kappa shape index (κ1) is 11.8. The SMILES string of the molecule is Cc1ccc(O)c(N)c1-n1nc2n(c1=O)CCCC2. The smallest absolute Gasteiger partial charge is 0.350 e. The van der Waals surface area contributed by atoms with Gasteiger partial charge in [0, 0.05) is 13.0 Å². The maximum atomic E-state index is 12.4. The summed E-state index contributed by atoms with van der Waals surface area (Å²) in [6, 6.07) is 3.25. The van der Waals surface area contributed by atoms with Crippen molar-refractivity contribution >= 4 is 5.69 Å². The van der Waals surface area contributed by atoms with Crippen LogP contribution in [0, 0.1) is 6.92 Å². The molecule has 0 radical (unpaired) electrons. The summed E-state index contributed by atoms with van der Waals surface area (Å²) in [5.74, 6) is 0.761. The van der Waals surface area contributed by atoms with Gasteiger partial charge < -0.3 is 10.8 Å². The highest BCUT2D eigenvalue weighted by Gasteiger charge is 2.20. The summed E-state index contributed by atoms with van der Waals surface area (Å²) in [7, 11) is 0. The van der Waals surface area contributed by atoms with Gasteiger partial charge in [0.25, 0.3) is 0 Å². The van der Waals surface area contributed by atoms with E-state index >= 15 is 0 Å². The Balaban J connectivity index is 2.26. The lowest BCUT2D eigenvalue weighted by molar-refractivity contribution is 0.477. The van der Waals surface area contributed by atoms with E-state index in [1.165, 1.54) is 10.7 Å². The average Bonchev–Trinajstić information content (AvgIpc) is 2.73. The zero-order valence-corrected chi connectivity index (χ0v) is 10.8. The van der Waals surface area contributed by atoms with Crippen LogP contribution in [0.2, 0.25) is 0 Å². The third-order valence-electron chi connectivity index (χ3n) is 3.58. The number of hydrogen-bond donors (Lipinski definition) is 2. The summed E-state index contributed by atoms with van der Waals surface area (Å²) >= 11 is 0. The Morgan fingerprint density at radius 2 is 2.16 bits per heavy atom. The molecule has 1 aliphatic heterocycles. The van der Waals surface area contributed by atoms with Crippen LogP contribution in [0.1, 0.15) is 24.2 Å². The van der Waals surface area contributed by atoms with E-state index in [9.17, 15) is 9.90 Å². The third kappa shape index (κ3) is 1.71. The molecular weight excluding hydrogens is 244 g/mol. The van der Waals surface area contributed by atoms with Crippen molar-refractivity contribution in [3.05, 3.63) is 34.0 Å². The van der Waals surface area contributed by atoms with Gasteiger partial charge in [0.1, 0.15) is 17.3 Å². The number of benzene rings is 1. The van der Waals surface area contributed by atoms with Crippen molar-refractivity contribution in [1.29, 1.82) is 0 Å². The molecule has 6 heteroatoms. The third-order valence-corrected chi connectivity index (χ3v) is 3.58. The van der Waals surface area contributed by atoms with Crippen LogP contribution in [0.4, 0.5) is 5.69 Å². The fraction of sp³-hybridized carbons (Fsp3) is 0.385. The number of phenols is 1. The van der Waals surface area contributed by atoms with Crippen molar-refractivity contribution in [1.82, 2.24) is 14.3 Å². The van der Waals surface area contributed by atoms with E-state index in [4.69, 9.17) is 5.73 Å². The van der Waals surface area contributed by atoms with Crippen molar-refractivity contribution in [2.75, 3.05) is 5.73 Å². The summed E-state index contributed by atoms with van der Waals surface area (Å²) in [5.41, 5.74) is 7.18. The van der Waals surface area contributed by atoms with Gasteiger partial charge in [-0.25, -0.2) is 4.79 Å². The summed E-state index contributed by atoms with van der Waals surface area (Å²) in [6.07, 6.45) is 2.85. The van der Waals surface area contributed by atoms with Crippen molar-refractivity contribution in [3.63, 3.8) is 0 Å². The van der Waals surface area contributed by atoms with E-state index in [1.54, 1.807) is 10.6 Å². The molecule has 2 heterocycles. The Morgan fingerprint density at radius 3 is 2.89 bits per heavy atom. The Bertz CT molecular complexity index is 699. The molecule has 0 unspecified atom stereocenters. The van der Waals surface area contributed by atoms with Crippen molar-refractivity contribution < 1.29 is 5.11 Å². The van der Waals surface area contributed by atoms with Crippen LogP contribution < -0.4 is 11.4 Å². The first-order valence-corrected chi connectivity index (χ1v) is 6.36. The van der Waals surface area contributed by atoms with Gasteiger partial charge in [0.2, 0.25) is 0 Å². The maximum absolute atomic E-state index is 12.4. The number of nitrogen functional groups attached to an aromatic ring is 1. The van der Waals surface area contributed by atoms with Crippen LogP contribution in [0.5, 0.6) is 5.75 Å². The first-order chi connectivity index (χ1) is 9.09. The fourth-order valence-electron chi connectivity index (χ4n) is 2.53. The minimum Gasteiger partial charge on any atom is -0.506 e. The van der Waals surface area contributed by atoms with Crippen LogP contribution in [-0.2, 0) is 13.0 Å². The van der Waals surface area contributed by atoms with E-state index in [2.05, 4.69) is 5.10 Å². The molecular formula is C13H16N4O2. The predicted molar refractivity (Wildman–Crippen MR) is 71.6 cm³/mol. The number of fused-ring (bicyclic) bond motifs is 1. The van der Waals surface area contributed by atoms with E-state index in [1.807, 2.05) is 6.92 Å². The molecule has 0 saturated carbocycles. The maximum Gasteiger partial charge on any atom is 0.350 e. The normalized spacial score (nSPS) is 14.4. The predicted octanol–water partition coefficient (Wildman–Crippen LogP) is 0.967. The van der Waals surface area contributed by atoms with Gasteiger partial charge in [0.15, 0.2) is 0 Å². The summed E-state index contributed by atoms with van der Waals surface area (Å²) in [5, 5.41) is 14.1. The van der Waals surface area contributed by atoms with Gasteiger partial charge in [-0.05, 0) is 31.4 Å². The molecule has 19 heavy (non-hydrogen) atoms. The van der Waals surface area contributed by atoms with Gasteiger partial charge >= 0.3 is 5.69 Å². The molecule has 1 aromatic carbocycles. The molecule has 0 aliphatic carbocycles. The number of nitrogens with zero attached hydrogens (tertiary/aromatic N) is 3. The molecule has 100 valence electrons. The van der Waals surface area contributed by atoms with Crippen LogP contribution in [0.3, 0.4) is 0 Å². The zero-order valence-electron chi connectivity index (χ0n) is 10.8. The number of aromatic nitrogens is 3. The second kappa shape index (κ2) is 4.15. The number of aryl methyl sites for hydroxylation is 2. The fourth-order valence-corrected chi connectivity index (χ4v) is 2.53. The van der Waals surface area contributed by atoms with E-state index in [0.29, 0.717) is 12.2 Å². The van der Waals surface area contributed by atoms with Crippen LogP contribution >= 0.6 is 0 Å². The Labute approximate surface area is 110 Å². The second-order valence-electron chi connectivity index (χ2n) is 4.88. The lowest BCUT2D eigenvalue weighted by Crippen LogP contribution is -2.26. The largest absolute Gasteiger partial charge is 0.506 e. The minimum atomic E-state index is -0.185. The van der Waals surface area contributed by atoms with Crippen LogP contribution in [0.15, 0.2) is 16.9 Å². The molecule has 0 fully saturated rings. The summed E-state index contributed by atoms with van der Waals surface area (Å²) in [4.78, 5) is 12.4. The summed E-state index contributed by atoms with van der Waals surface area (Å²) in [6.45, 7) is 2.54. The van der Waals surface area contributed by atoms with Crippen molar-refractivity contribution in [3.8, 4) is 11.4 Å². The van der Waals surface area contributed by atoms with Gasteiger partial charge in [-0.1, -0.05) is 6.07 Å². The van der Waals surface area contributed by atoms with Gasteiger partial charge in [-0.3, -0.25) is 4.57 Å². The molecule has 6 nitrogen and oxygen atoms in total. The quantitative estimate of drug-likeness (QED) is 0.591. The number of hydrogen-bond acceptors (Lipinski definition) is 4. The molecule has 2 aromatic rings. The number of phenolic OH excluding ortho intramolecular Hbond substituents is 1. The molecule has 0 saturated heterocycles. The van der Waals surface area contributed by atoms with Crippen LogP contribution in [0.25, 0.3) is 5.69 Å². The van der Waals surface area contributed by atoms with Gasteiger partial charge in [-0.15, -0.1) is 5.10 Å². The van der Waals surface area contributed by atoms with Gasteiger partial charge in [-0.2, -0.15) is 4.68 Å². The minimum absolute atomic E-state index is 0.0292. The molecule has 3 rings (SSSR count). The average molecular weight is 260 g/mol. The van der Waals surface area contributed by atoms with Crippen molar-refractivity contribution in [2.24, 2.45) is 0 Å². The molecule has 0 spiro atoms. The molecule has 1 aliphatic rings. The molecule has 3 N–H and O–H groups in total. The topological polar surface area (TPSA) is 86.1 Å². The Morgan fingerprint density at radius 1 is 1.37 bits per heavy atom. The Kier molecular flexibility index (Phi) is 2.58. The highest BCUT2D eigenvalue weighted by atomic mass is 16.3. The zero-order chi connectivity index (χ0) is 13.6. The monoisotopic (exact) mass is 260 g/mol. The number of aromatic hydroxyl groups is 1. The standard InChI is InChI=1S/C13H16N4O2/c1-8-5-6-9(18)11(14)12(8)17-13(19)16-7-3-2-4-10(16)15-17/h5-6,18H,2-4,7,14H2,1H3. The lowest BCUT2D eigenvalue weighted by atomic mass is 10.1. The number of nitrogens with two attached hydrogens (primary N) is 1. The van der Waals surface area contributed by atoms with E-state index < -0.39 is 0 Å². The van der Waals surface area contributed by atoms with E-state index in [-0.39, 0.29) is 17.1 Å². The van der Waals surface area contributed by atoms with E-state index in [0.717, 1.165) is 30.7 Å². The molecule has 0 bridgehead atoms. The van der Waals surface area contributed by atoms with Crippen molar-refractivity contribution in [2.45, 2.75) is 32.7 Å². The highest BCUT2D eigenvalue weighted by molar-refractivity contribution is 5.68. The number of rotatable bonds is 1. The van der Waals surface area contributed by atoms with Gasteiger partial charge in [0.05, 0.1) is 5.69 Å². The highest BCUT2D eigenvalue weighted by Crippen LogP contribution is 2.29. The number of anilines is 1. The molecule has 0 atom stereocenters.